The summed E-state index contributed by atoms with van der Waals surface area (Å²) < 4.78 is 37.6. The molecule has 1 N–H and O–H groups in total. The highest BCUT2D eigenvalue weighted by molar-refractivity contribution is 7.89. The van der Waals surface area contributed by atoms with Gasteiger partial charge >= 0.3 is 0 Å². The lowest BCUT2D eigenvalue weighted by atomic mass is 10.4. The van der Waals surface area contributed by atoms with Gasteiger partial charge in [0.2, 0.25) is 10.0 Å². The van der Waals surface area contributed by atoms with Crippen molar-refractivity contribution in [1.29, 1.82) is 0 Å². The molecule has 0 rings (SSSR count). The largest absolute Gasteiger partial charge is 0.281 e. The highest BCUT2D eigenvalue weighted by Gasteiger charge is 2.10. The van der Waals surface area contributed by atoms with Gasteiger partial charge in [-0.05, 0) is 26.3 Å². The van der Waals surface area contributed by atoms with E-state index in [0.717, 1.165) is 0 Å². The Bertz CT molecular complexity index is 327. The van der Waals surface area contributed by atoms with E-state index < -0.39 is 15.9 Å². The fourth-order valence-corrected chi connectivity index (χ4v) is 2.06. The van der Waals surface area contributed by atoms with Gasteiger partial charge in [-0.2, -0.15) is 0 Å². The van der Waals surface area contributed by atoms with Crippen LogP contribution in [0.3, 0.4) is 0 Å². The van der Waals surface area contributed by atoms with Crippen LogP contribution in [-0.4, -0.2) is 14.2 Å². The quantitative estimate of drug-likeness (QED) is 0.722. The molecule has 0 aliphatic heterocycles. The van der Waals surface area contributed by atoms with Gasteiger partial charge in [-0.3, -0.25) is 4.72 Å². The van der Waals surface area contributed by atoms with Gasteiger partial charge in [0.15, 0.2) is 0 Å². The predicted molar refractivity (Wildman–Crippen MR) is 55.8 cm³/mol. The third-order valence-electron chi connectivity index (χ3n) is 1.44. The summed E-state index contributed by atoms with van der Waals surface area (Å²) in [6.45, 7) is 4.65. The maximum absolute atomic E-state index is 12.8. The SMILES string of the molecule is CC=CC(NS(=O)(=O)CCC)=C(C)F. The van der Waals surface area contributed by atoms with Gasteiger partial charge in [-0.15, -0.1) is 0 Å². The normalized spacial score (nSPS) is 14.3. The zero-order valence-electron chi connectivity index (χ0n) is 8.67. The van der Waals surface area contributed by atoms with Crippen LogP contribution in [0.15, 0.2) is 23.7 Å². The minimum absolute atomic E-state index is 0.000880. The van der Waals surface area contributed by atoms with Crippen molar-refractivity contribution in [3.8, 4) is 0 Å². The molecule has 0 saturated carbocycles. The van der Waals surface area contributed by atoms with E-state index in [9.17, 15) is 12.8 Å². The van der Waals surface area contributed by atoms with Gasteiger partial charge in [-0.1, -0.05) is 13.0 Å². The Labute approximate surface area is 84.8 Å². The molecular weight excluding hydrogens is 205 g/mol. The van der Waals surface area contributed by atoms with Crippen molar-refractivity contribution in [1.82, 2.24) is 4.72 Å². The van der Waals surface area contributed by atoms with Crippen LogP contribution in [0.25, 0.3) is 0 Å². The molecular formula is C9H16FNO2S. The number of hydrogen-bond donors (Lipinski definition) is 1. The van der Waals surface area contributed by atoms with Crippen molar-refractivity contribution in [2.45, 2.75) is 27.2 Å². The average Bonchev–Trinajstić information content (AvgIpc) is 2.02. The Hall–Kier alpha value is -0.840. The summed E-state index contributed by atoms with van der Waals surface area (Å²) in [4.78, 5) is 0. The van der Waals surface area contributed by atoms with E-state index in [1.165, 1.54) is 13.0 Å². The van der Waals surface area contributed by atoms with Crippen molar-refractivity contribution < 1.29 is 12.8 Å². The van der Waals surface area contributed by atoms with E-state index in [2.05, 4.69) is 4.72 Å². The topological polar surface area (TPSA) is 46.2 Å². The molecule has 0 spiro atoms. The molecule has 0 aromatic carbocycles. The summed E-state index contributed by atoms with van der Waals surface area (Å²) in [5.41, 5.74) is 0.000880. The van der Waals surface area contributed by atoms with Crippen LogP contribution < -0.4 is 4.72 Å². The molecule has 0 aromatic rings. The Morgan fingerprint density at radius 3 is 2.43 bits per heavy atom. The molecule has 0 aliphatic carbocycles. The van der Waals surface area contributed by atoms with Crippen LogP contribution in [0.2, 0.25) is 0 Å². The minimum atomic E-state index is -3.40. The molecule has 0 heterocycles. The van der Waals surface area contributed by atoms with E-state index in [-0.39, 0.29) is 11.4 Å². The van der Waals surface area contributed by atoms with Crippen molar-refractivity contribution in [3.05, 3.63) is 23.7 Å². The van der Waals surface area contributed by atoms with E-state index in [1.54, 1.807) is 19.9 Å². The number of nitrogens with one attached hydrogen (secondary N) is 1. The Morgan fingerprint density at radius 2 is 2.07 bits per heavy atom. The highest BCUT2D eigenvalue weighted by Crippen LogP contribution is 2.06. The van der Waals surface area contributed by atoms with Gasteiger partial charge in [0.1, 0.15) is 5.83 Å². The average molecular weight is 221 g/mol. The molecule has 0 bridgehead atoms. The van der Waals surface area contributed by atoms with Crippen LogP contribution >= 0.6 is 0 Å². The third kappa shape index (κ3) is 5.01. The van der Waals surface area contributed by atoms with E-state index in [1.807, 2.05) is 0 Å². The molecule has 0 unspecified atom stereocenters. The van der Waals surface area contributed by atoms with Crippen molar-refractivity contribution in [2.24, 2.45) is 0 Å². The summed E-state index contributed by atoms with van der Waals surface area (Å²) >= 11 is 0. The number of sulfonamides is 1. The lowest BCUT2D eigenvalue weighted by Gasteiger charge is -2.07. The molecule has 0 atom stereocenters. The molecule has 5 heteroatoms. The highest BCUT2D eigenvalue weighted by atomic mass is 32.2. The zero-order valence-corrected chi connectivity index (χ0v) is 9.49. The van der Waals surface area contributed by atoms with Crippen LogP contribution in [0, 0.1) is 0 Å². The van der Waals surface area contributed by atoms with Gasteiger partial charge < -0.3 is 0 Å². The molecule has 0 saturated heterocycles. The second-order valence-electron chi connectivity index (χ2n) is 2.87. The summed E-state index contributed by atoms with van der Waals surface area (Å²) in [6, 6.07) is 0. The minimum Gasteiger partial charge on any atom is -0.281 e. The summed E-state index contributed by atoms with van der Waals surface area (Å²) in [5.74, 6) is -0.538. The monoisotopic (exact) mass is 221 g/mol. The zero-order chi connectivity index (χ0) is 11.2. The van der Waals surface area contributed by atoms with Gasteiger partial charge in [0, 0.05) is 0 Å². The maximum atomic E-state index is 12.8. The van der Waals surface area contributed by atoms with Crippen LogP contribution in [-0.2, 0) is 10.0 Å². The first-order chi connectivity index (χ1) is 6.43. The summed E-state index contributed by atoms with van der Waals surface area (Å²) in [6.07, 6.45) is 3.47. The van der Waals surface area contributed by atoms with Gasteiger partial charge in [0.25, 0.3) is 0 Å². The number of halogens is 1. The Morgan fingerprint density at radius 1 is 1.50 bits per heavy atom. The second-order valence-corrected chi connectivity index (χ2v) is 4.71. The molecule has 0 radical (unpaired) electrons. The first-order valence-electron chi connectivity index (χ1n) is 4.42. The first kappa shape index (κ1) is 13.2. The fraction of sp³-hybridized carbons (Fsp3) is 0.556. The Balaban J connectivity index is 4.72. The standard InChI is InChI=1S/C9H16FNO2S/c1-4-6-9(8(3)10)11-14(12,13)7-5-2/h4,6,11H,5,7H2,1-3H3. The van der Waals surface area contributed by atoms with Crippen LogP contribution in [0.4, 0.5) is 4.39 Å². The van der Waals surface area contributed by atoms with Crippen LogP contribution in [0.5, 0.6) is 0 Å². The van der Waals surface area contributed by atoms with E-state index >= 15 is 0 Å². The van der Waals surface area contributed by atoms with E-state index in [4.69, 9.17) is 0 Å². The van der Waals surface area contributed by atoms with Gasteiger partial charge in [-0.25, -0.2) is 12.8 Å². The first-order valence-corrected chi connectivity index (χ1v) is 6.07. The molecule has 82 valence electrons. The van der Waals surface area contributed by atoms with Crippen molar-refractivity contribution in [3.63, 3.8) is 0 Å². The van der Waals surface area contributed by atoms with Gasteiger partial charge in [0.05, 0.1) is 11.4 Å². The van der Waals surface area contributed by atoms with Crippen LogP contribution in [0.1, 0.15) is 27.2 Å². The van der Waals surface area contributed by atoms with Crippen molar-refractivity contribution in [2.75, 3.05) is 5.75 Å². The van der Waals surface area contributed by atoms with Crippen molar-refractivity contribution >= 4 is 10.0 Å². The fourth-order valence-electron chi connectivity index (χ4n) is 0.873. The smallest absolute Gasteiger partial charge is 0.232 e. The lowest BCUT2D eigenvalue weighted by molar-refractivity contribution is 0.581. The third-order valence-corrected chi connectivity index (χ3v) is 2.92. The summed E-state index contributed by atoms with van der Waals surface area (Å²) in [7, 11) is -3.40. The second kappa shape index (κ2) is 5.80. The summed E-state index contributed by atoms with van der Waals surface area (Å²) in [5, 5.41) is 0. The maximum Gasteiger partial charge on any atom is 0.232 e. The molecule has 14 heavy (non-hydrogen) atoms. The molecule has 0 amide bonds. The number of rotatable bonds is 5. The predicted octanol–water partition coefficient (Wildman–Crippen LogP) is 2.09. The molecule has 0 fully saturated rings. The lowest BCUT2D eigenvalue weighted by Crippen LogP contribution is -2.25. The molecule has 3 nitrogen and oxygen atoms in total. The Kier molecular flexibility index (Phi) is 5.45. The molecule has 0 aliphatic rings. The number of hydrogen-bond acceptors (Lipinski definition) is 2. The number of allylic oxidation sites excluding steroid dienone is 3. The molecule has 0 aromatic heterocycles. The van der Waals surface area contributed by atoms with E-state index in [0.29, 0.717) is 6.42 Å².